The van der Waals surface area contributed by atoms with Gasteiger partial charge in [-0.1, -0.05) is 66.8 Å². The molecule has 0 N–H and O–H groups in total. The highest BCUT2D eigenvalue weighted by molar-refractivity contribution is 14.1. The predicted molar refractivity (Wildman–Crippen MR) is 63.0 cm³/mol. The first kappa shape index (κ1) is 10.0. The van der Waals surface area contributed by atoms with E-state index in [1.54, 1.807) is 0 Å². The molecule has 0 radical (unpaired) electrons. The molecule has 66 valence electrons. The van der Waals surface area contributed by atoms with Gasteiger partial charge in [-0.25, -0.2) is 0 Å². The van der Waals surface area contributed by atoms with Crippen molar-refractivity contribution in [1.29, 1.82) is 0 Å². The number of hydrogen-bond acceptors (Lipinski definition) is 0. The minimum Gasteiger partial charge on any atom is -0.0863 e. The molecule has 12 heavy (non-hydrogen) atoms. The van der Waals surface area contributed by atoms with Gasteiger partial charge in [-0.2, -0.15) is 0 Å². The molecule has 0 bridgehead atoms. The lowest BCUT2D eigenvalue weighted by atomic mass is 9.82. The Hall–Kier alpha value is -0.0500. The van der Waals surface area contributed by atoms with E-state index in [0.717, 1.165) is 0 Å². The molecule has 0 aliphatic rings. The second kappa shape index (κ2) is 4.26. The van der Waals surface area contributed by atoms with Crippen LogP contribution in [0.3, 0.4) is 0 Å². The molecule has 0 unspecified atom stereocenters. The van der Waals surface area contributed by atoms with Crippen LogP contribution >= 0.6 is 22.6 Å². The Balaban J connectivity index is 2.82. The van der Waals surface area contributed by atoms with E-state index in [1.807, 2.05) is 0 Å². The Morgan fingerprint density at radius 3 is 2.25 bits per heavy atom. The highest BCUT2D eigenvalue weighted by atomic mass is 127. The lowest BCUT2D eigenvalue weighted by Crippen LogP contribution is -2.17. The fourth-order valence-electron chi connectivity index (χ4n) is 1.27. The van der Waals surface area contributed by atoms with Crippen molar-refractivity contribution in [2.75, 3.05) is 4.43 Å². The molecule has 1 aromatic carbocycles. The summed E-state index contributed by atoms with van der Waals surface area (Å²) in [6.07, 6.45) is 1.25. The average molecular weight is 274 g/mol. The molecule has 1 aromatic rings. The molecule has 0 aliphatic carbocycles. The first-order valence-corrected chi connectivity index (χ1v) is 5.81. The summed E-state index contributed by atoms with van der Waals surface area (Å²) in [5.41, 5.74) is 1.78. The van der Waals surface area contributed by atoms with E-state index < -0.39 is 0 Å². The summed E-state index contributed by atoms with van der Waals surface area (Å²) in [4.78, 5) is 0. The van der Waals surface area contributed by atoms with Crippen molar-refractivity contribution in [2.24, 2.45) is 0 Å². The zero-order valence-electron chi connectivity index (χ0n) is 7.68. The third-order valence-electron chi connectivity index (χ3n) is 2.27. The number of hydrogen-bond donors (Lipinski definition) is 0. The van der Waals surface area contributed by atoms with Crippen LogP contribution in [0.5, 0.6) is 0 Å². The van der Waals surface area contributed by atoms with Crippen molar-refractivity contribution in [3.63, 3.8) is 0 Å². The zero-order valence-corrected chi connectivity index (χ0v) is 9.84. The summed E-state index contributed by atoms with van der Waals surface area (Å²) in [6, 6.07) is 10.7. The molecule has 0 aliphatic heterocycles. The first-order valence-electron chi connectivity index (χ1n) is 4.28. The Labute approximate surface area is 88.5 Å². The third-order valence-corrected chi connectivity index (χ3v) is 2.81. The molecule has 0 amide bonds. The molecular formula is C11H15I. The van der Waals surface area contributed by atoms with Gasteiger partial charge in [0, 0.05) is 4.43 Å². The van der Waals surface area contributed by atoms with Crippen LogP contribution in [0.4, 0.5) is 0 Å². The van der Waals surface area contributed by atoms with E-state index in [-0.39, 0.29) is 0 Å². The summed E-state index contributed by atoms with van der Waals surface area (Å²) in [7, 11) is 0. The van der Waals surface area contributed by atoms with Crippen molar-refractivity contribution in [3.8, 4) is 0 Å². The highest BCUT2D eigenvalue weighted by Crippen LogP contribution is 2.27. The Morgan fingerprint density at radius 1 is 1.17 bits per heavy atom. The van der Waals surface area contributed by atoms with Crippen LogP contribution in [0.1, 0.15) is 25.8 Å². The molecule has 0 fully saturated rings. The van der Waals surface area contributed by atoms with E-state index in [1.165, 1.54) is 16.4 Å². The highest BCUT2D eigenvalue weighted by Gasteiger charge is 2.18. The second-order valence-electron chi connectivity index (χ2n) is 3.69. The van der Waals surface area contributed by atoms with Crippen molar-refractivity contribution in [3.05, 3.63) is 35.9 Å². The van der Waals surface area contributed by atoms with Gasteiger partial charge in [-0.15, -0.1) is 0 Å². The van der Waals surface area contributed by atoms with Crippen LogP contribution in [0.15, 0.2) is 30.3 Å². The van der Waals surface area contributed by atoms with Crippen LogP contribution in [0, 0.1) is 0 Å². The second-order valence-corrected chi connectivity index (χ2v) is 4.77. The monoisotopic (exact) mass is 274 g/mol. The van der Waals surface area contributed by atoms with E-state index in [0.29, 0.717) is 5.41 Å². The molecule has 0 saturated carbocycles. The maximum atomic E-state index is 2.44. The van der Waals surface area contributed by atoms with Gasteiger partial charge in [-0.05, 0) is 17.4 Å². The standard InChI is InChI=1S/C11H15I/c1-11(2,8-9-12)10-6-4-3-5-7-10/h3-7H,8-9H2,1-2H3. The van der Waals surface area contributed by atoms with Gasteiger partial charge < -0.3 is 0 Å². The number of alkyl halides is 1. The van der Waals surface area contributed by atoms with Crippen molar-refractivity contribution >= 4 is 22.6 Å². The fourth-order valence-corrected chi connectivity index (χ4v) is 2.62. The smallest absolute Gasteiger partial charge is 0.000355 e. The van der Waals surface area contributed by atoms with E-state index in [2.05, 4.69) is 66.8 Å². The van der Waals surface area contributed by atoms with E-state index >= 15 is 0 Å². The van der Waals surface area contributed by atoms with Crippen LogP contribution in [-0.2, 0) is 5.41 Å². The summed E-state index contributed by atoms with van der Waals surface area (Å²) >= 11 is 2.44. The van der Waals surface area contributed by atoms with E-state index in [4.69, 9.17) is 0 Å². The Bertz CT molecular complexity index is 226. The molecular weight excluding hydrogens is 259 g/mol. The molecule has 1 rings (SSSR count). The van der Waals surface area contributed by atoms with Gasteiger partial charge in [-0.3, -0.25) is 0 Å². The van der Waals surface area contributed by atoms with Gasteiger partial charge in [0.2, 0.25) is 0 Å². The fraction of sp³-hybridized carbons (Fsp3) is 0.455. The first-order chi connectivity index (χ1) is 5.67. The molecule has 0 saturated heterocycles. The normalized spacial score (nSPS) is 11.6. The maximum absolute atomic E-state index is 2.44. The zero-order chi connectivity index (χ0) is 9.03. The molecule has 0 atom stereocenters. The van der Waals surface area contributed by atoms with Gasteiger partial charge in [0.1, 0.15) is 0 Å². The van der Waals surface area contributed by atoms with Crippen molar-refractivity contribution < 1.29 is 0 Å². The van der Waals surface area contributed by atoms with Gasteiger partial charge in [0.15, 0.2) is 0 Å². The lowest BCUT2D eigenvalue weighted by molar-refractivity contribution is 0.514. The van der Waals surface area contributed by atoms with Crippen LogP contribution in [-0.4, -0.2) is 4.43 Å². The van der Waals surface area contributed by atoms with Gasteiger partial charge in [0.25, 0.3) is 0 Å². The third kappa shape index (κ3) is 2.47. The quantitative estimate of drug-likeness (QED) is 0.581. The minimum atomic E-state index is 0.336. The Morgan fingerprint density at radius 2 is 1.75 bits per heavy atom. The van der Waals surface area contributed by atoms with Crippen molar-refractivity contribution in [2.45, 2.75) is 25.7 Å². The Kier molecular flexibility index (Phi) is 3.56. The summed E-state index contributed by atoms with van der Waals surface area (Å²) in [5, 5.41) is 0. The SMILES string of the molecule is CC(C)(CCI)c1ccccc1. The van der Waals surface area contributed by atoms with Crippen LogP contribution in [0.2, 0.25) is 0 Å². The maximum Gasteiger partial charge on any atom is 0.000355 e. The average Bonchev–Trinajstić information content (AvgIpc) is 2.06. The molecule has 0 heterocycles. The number of rotatable bonds is 3. The predicted octanol–water partition coefficient (Wildman–Crippen LogP) is 3.79. The summed E-state index contributed by atoms with van der Waals surface area (Å²) in [6.45, 7) is 4.61. The van der Waals surface area contributed by atoms with Gasteiger partial charge >= 0.3 is 0 Å². The molecule has 1 heteroatoms. The molecule has 0 nitrogen and oxygen atoms in total. The molecule has 0 aromatic heterocycles. The van der Waals surface area contributed by atoms with Crippen LogP contribution < -0.4 is 0 Å². The lowest BCUT2D eigenvalue weighted by Gasteiger charge is -2.23. The summed E-state index contributed by atoms with van der Waals surface area (Å²) in [5.74, 6) is 0. The molecule has 0 spiro atoms. The van der Waals surface area contributed by atoms with Crippen molar-refractivity contribution in [1.82, 2.24) is 0 Å². The minimum absolute atomic E-state index is 0.336. The topological polar surface area (TPSA) is 0 Å². The van der Waals surface area contributed by atoms with E-state index in [9.17, 15) is 0 Å². The summed E-state index contributed by atoms with van der Waals surface area (Å²) < 4.78 is 1.22. The number of halogens is 1. The van der Waals surface area contributed by atoms with Crippen LogP contribution in [0.25, 0.3) is 0 Å². The van der Waals surface area contributed by atoms with Gasteiger partial charge in [0.05, 0.1) is 0 Å². The number of benzene rings is 1. The largest absolute Gasteiger partial charge is 0.0863 e.